The van der Waals surface area contributed by atoms with Crippen LogP contribution in [0, 0.1) is 0 Å². The summed E-state index contributed by atoms with van der Waals surface area (Å²) in [6.45, 7) is 7.41. The fraction of sp³-hybridized carbons (Fsp3) is 0.458. The zero-order chi connectivity index (χ0) is 21.9. The quantitative estimate of drug-likeness (QED) is 0.281. The molecular weight excluding hydrogens is 519 g/mol. The van der Waals surface area contributed by atoms with Crippen LogP contribution in [0.3, 0.4) is 0 Å². The molecule has 176 valence electrons. The van der Waals surface area contributed by atoms with E-state index < -0.39 is 0 Å². The Balaban J connectivity index is 0.00000363. The smallest absolute Gasteiger partial charge is 0.191 e. The van der Waals surface area contributed by atoms with Crippen molar-refractivity contribution >= 4 is 29.9 Å². The molecule has 1 saturated heterocycles. The molecule has 1 heterocycles. The van der Waals surface area contributed by atoms with Gasteiger partial charge in [0.1, 0.15) is 11.5 Å². The lowest BCUT2D eigenvalue weighted by Gasteiger charge is -2.35. The molecule has 2 N–H and O–H groups in total. The third-order valence-corrected chi connectivity index (χ3v) is 5.34. The van der Waals surface area contributed by atoms with E-state index in [9.17, 15) is 0 Å². The molecule has 0 aromatic heterocycles. The molecule has 0 saturated carbocycles. The molecule has 8 heteroatoms. The van der Waals surface area contributed by atoms with Gasteiger partial charge in [0.25, 0.3) is 0 Å². The maximum absolute atomic E-state index is 5.59. The average molecular weight is 554 g/mol. The van der Waals surface area contributed by atoms with Crippen LogP contribution >= 0.6 is 24.0 Å². The first kappa shape index (κ1) is 26.2. The summed E-state index contributed by atoms with van der Waals surface area (Å²) in [4.78, 5) is 6.86. The highest BCUT2D eigenvalue weighted by molar-refractivity contribution is 14.0. The van der Waals surface area contributed by atoms with Crippen LogP contribution in [-0.2, 0) is 11.3 Å². The van der Waals surface area contributed by atoms with Crippen molar-refractivity contribution in [3.8, 4) is 11.5 Å². The van der Waals surface area contributed by atoms with Gasteiger partial charge in [-0.15, -0.1) is 24.0 Å². The summed E-state index contributed by atoms with van der Waals surface area (Å²) in [5.41, 5.74) is 2.39. The van der Waals surface area contributed by atoms with Crippen LogP contribution in [0.15, 0.2) is 53.5 Å². The molecular formula is C24H35IN4O3. The molecule has 0 aliphatic carbocycles. The van der Waals surface area contributed by atoms with E-state index in [1.165, 1.54) is 5.56 Å². The highest BCUT2D eigenvalue weighted by atomic mass is 127. The zero-order valence-corrected chi connectivity index (χ0v) is 21.5. The van der Waals surface area contributed by atoms with E-state index in [0.29, 0.717) is 13.2 Å². The number of halogens is 1. The standard InChI is InChI=1S/C24H34N4O3.HI/c1-4-31-22-7-5-6-19(16-22)17-26-24(25-2)27-18-23(28-12-14-30-15-13-28)20-8-10-21(29-3)11-9-20;/h5-11,16,23H,4,12-15,17-18H2,1-3H3,(H2,25,26,27);1H. The van der Waals surface area contributed by atoms with E-state index >= 15 is 0 Å². The van der Waals surface area contributed by atoms with Crippen LogP contribution < -0.4 is 20.1 Å². The van der Waals surface area contributed by atoms with Crippen molar-refractivity contribution in [3.05, 3.63) is 59.7 Å². The van der Waals surface area contributed by atoms with Crippen molar-refractivity contribution in [2.75, 3.05) is 53.6 Å². The maximum atomic E-state index is 5.59. The van der Waals surface area contributed by atoms with Crippen LogP contribution in [0.5, 0.6) is 11.5 Å². The van der Waals surface area contributed by atoms with Gasteiger partial charge < -0.3 is 24.8 Å². The van der Waals surface area contributed by atoms with E-state index in [2.05, 4.69) is 44.8 Å². The Bertz CT molecular complexity index is 826. The van der Waals surface area contributed by atoms with Crippen molar-refractivity contribution < 1.29 is 14.2 Å². The third kappa shape index (κ3) is 7.83. The lowest BCUT2D eigenvalue weighted by molar-refractivity contribution is 0.0170. The molecule has 2 aromatic carbocycles. The summed E-state index contributed by atoms with van der Waals surface area (Å²) >= 11 is 0. The molecule has 0 spiro atoms. The van der Waals surface area contributed by atoms with E-state index in [1.807, 2.05) is 31.2 Å². The van der Waals surface area contributed by atoms with E-state index in [-0.39, 0.29) is 30.0 Å². The second-order valence-electron chi connectivity index (χ2n) is 7.32. The van der Waals surface area contributed by atoms with Crippen molar-refractivity contribution in [3.63, 3.8) is 0 Å². The number of benzene rings is 2. The molecule has 32 heavy (non-hydrogen) atoms. The first-order valence-corrected chi connectivity index (χ1v) is 10.9. The Morgan fingerprint density at radius 2 is 1.84 bits per heavy atom. The number of nitrogens with zero attached hydrogens (tertiary/aromatic N) is 2. The highest BCUT2D eigenvalue weighted by Gasteiger charge is 2.23. The normalized spacial score (nSPS) is 15.4. The molecule has 0 radical (unpaired) electrons. The van der Waals surface area contributed by atoms with Gasteiger partial charge in [0.2, 0.25) is 0 Å². The predicted octanol–water partition coefficient (Wildman–Crippen LogP) is 3.45. The number of nitrogens with one attached hydrogen (secondary N) is 2. The van der Waals surface area contributed by atoms with E-state index in [0.717, 1.165) is 55.9 Å². The SMILES string of the molecule is CCOc1cccc(CNC(=NC)NCC(c2ccc(OC)cc2)N2CCOCC2)c1.I. The van der Waals surface area contributed by atoms with Gasteiger partial charge in [-0.3, -0.25) is 9.89 Å². The summed E-state index contributed by atoms with van der Waals surface area (Å²) in [5, 5.41) is 6.90. The van der Waals surface area contributed by atoms with Crippen molar-refractivity contribution in [1.82, 2.24) is 15.5 Å². The lowest BCUT2D eigenvalue weighted by Crippen LogP contribution is -2.46. The zero-order valence-electron chi connectivity index (χ0n) is 19.2. The largest absolute Gasteiger partial charge is 0.497 e. The van der Waals surface area contributed by atoms with Crippen LogP contribution in [0.1, 0.15) is 24.1 Å². The lowest BCUT2D eigenvalue weighted by atomic mass is 10.0. The van der Waals surface area contributed by atoms with E-state index in [1.54, 1.807) is 14.2 Å². The molecule has 1 fully saturated rings. The molecule has 0 amide bonds. The number of morpholine rings is 1. The Kier molecular flexibility index (Phi) is 11.6. The van der Waals surface area contributed by atoms with Gasteiger partial charge in [0.05, 0.1) is 33.0 Å². The Labute approximate surface area is 208 Å². The number of hydrogen-bond acceptors (Lipinski definition) is 5. The first-order valence-electron chi connectivity index (χ1n) is 10.9. The van der Waals surface area contributed by atoms with Gasteiger partial charge in [-0.05, 0) is 42.3 Å². The van der Waals surface area contributed by atoms with Crippen LogP contribution in [0.25, 0.3) is 0 Å². The number of aliphatic imine (C=N–C) groups is 1. The first-order chi connectivity index (χ1) is 15.2. The van der Waals surface area contributed by atoms with Gasteiger partial charge in [-0.25, -0.2) is 0 Å². The highest BCUT2D eigenvalue weighted by Crippen LogP contribution is 2.23. The second-order valence-corrected chi connectivity index (χ2v) is 7.32. The Hall–Kier alpha value is -2.04. The number of rotatable bonds is 9. The van der Waals surface area contributed by atoms with E-state index in [4.69, 9.17) is 14.2 Å². The van der Waals surface area contributed by atoms with Crippen molar-refractivity contribution in [2.24, 2.45) is 4.99 Å². The van der Waals surface area contributed by atoms with Gasteiger partial charge >= 0.3 is 0 Å². The van der Waals surface area contributed by atoms with Crippen LogP contribution in [0.2, 0.25) is 0 Å². The Morgan fingerprint density at radius 3 is 2.50 bits per heavy atom. The monoisotopic (exact) mass is 554 g/mol. The second kappa shape index (κ2) is 14.2. The van der Waals surface area contributed by atoms with Gasteiger partial charge in [0.15, 0.2) is 5.96 Å². The molecule has 1 unspecified atom stereocenters. The number of methoxy groups -OCH3 is 1. The third-order valence-electron chi connectivity index (χ3n) is 5.34. The predicted molar refractivity (Wildman–Crippen MR) is 139 cm³/mol. The molecule has 0 bridgehead atoms. The summed E-state index contributed by atoms with van der Waals surface area (Å²) in [6, 6.07) is 16.6. The minimum Gasteiger partial charge on any atom is -0.497 e. The summed E-state index contributed by atoms with van der Waals surface area (Å²) < 4.78 is 16.5. The molecule has 1 aliphatic rings. The van der Waals surface area contributed by atoms with Crippen LogP contribution in [0.4, 0.5) is 0 Å². The van der Waals surface area contributed by atoms with Gasteiger partial charge in [-0.1, -0.05) is 24.3 Å². The number of ether oxygens (including phenoxy) is 3. The van der Waals surface area contributed by atoms with Gasteiger partial charge in [-0.2, -0.15) is 0 Å². The molecule has 7 nitrogen and oxygen atoms in total. The molecule has 1 aliphatic heterocycles. The van der Waals surface area contributed by atoms with Crippen molar-refractivity contribution in [1.29, 1.82) is 0 Å². The molecule has 2 aromatic rings. The number of guanidine groups is 1. The molecule has 3 rings (SSSR count). The molecule has 1 atom stereocenters. The summed E-state index contributed by atoms with van der Waals surface area (Å²) in [5.74, 6) is 2.52. The minimum absolute atomic E-state index is 0. The van der Waals surface area contributed by atoms with Gasteiger partial charge in [0, 0.05) is 33.2 Å². The van der Waals surface area contributed by atoms with Crippen LogP contribution in [-0.4, -0.2) is 64.5 Å². The fourth-order valence-electron chi connectivity index (χ4n) is 3.68. The topological polar surface area (TPSA) is 67.3 Å². The average Bonchev–Trinajstić information content (AvgIpc) is 2.82. The maximum Gasteiger partial charge on any atom is 0.191 e. The van der Waals surface area contributed by atoms with Crippen molar-refractivity contribution in [2.45, 2.75) is 19.5 Å². The fourth-order valence-corrected chi connectivity index (χ4v) is 3.68. The number of hydrogen-bond donors (Lipinski definition) is 2. The minimum atomic E-state index is 0. The summed E-state index contributed by atoms with van der Waals surface area (Å²) in [6.07, 6.45) is 0. The summed E-state index contributed by atoms with van der Waals surface area (Å²) in [7, 11) is 3.48. The Morgan fingerprint density at radius 1 is 1.09 bits per heavy atom.